The fourth-order valence-corrected chi connectivity index (χ4v) is 2.83. The van der Waals surface area contributed by atoms with E-state index in [1.807, 2.05) is 57.4 Å². The van der Waals surface area contributed by atoms with E-state index in [9.17, 15) is 9.59 Å². The van der Waals surface area contributed by atoms with Crippen LogP contribution in [0.5, 0.6) is 0 Å². The maximum atomic E-state index is 12.4. The molecule has 0 aliphatic heterocycles. The SMILES string of the molecule is Cc1cccc(C(=O)NC(C)C(=O)NCC(Cc2ccccc2)N(C)C)c1. The number of amides is 2. The van der Waals surface area contributed by atoms with Gasteiger partial charge in [0.15, 0.2) is 0 Å². The summed E-state index contributed by atoms with van der Waals surface area (Å²) in [7, 11) is 4.01. The Bertz CT molecular complexity index is 759. The third kappa shape index (κ3) is 6.53. The summed E-state index contributed by atoms with van der Waals surface area (Å²) in [5, 5.41) is 5.72. The van der Waals surface area contributed by atoms with E-state index in [0.717, 1.165) is 12.0 Å². The second-order valence-electron chi connectivity index (χ2n) is 7.12. The van der Waals surface area contributed by atoms with Crippen LogP contribution in [-0.2, 0) is 11.2 Å². The number of benzene rings is 2. The lowest BCUT2D eigenvalue weighted by Crippen LogP contribution is -2.49. The molecule has 2 unspecified atom stereocenters. The summed E-state index contributed by atoms with van der Waals surface area (Å²) in [6.07, 6.45) is 0.845. The topological polar surface area (TPSA) is 61.4 Å². The average Bonchev–Trinajstić information content (AvgIpc) is 2.65. The van der Waals surface area contributed by atoms with Crippen LogP contribution >= 0.6 is 0 Å². The Balaban J connectivity index is 1.87. The van der Waals surface area contributed by atoms with Crippen LogP contribution in [0.4, 0.5) is 0 Å². The molecule has 27 heavy (non-hydrogen) atoms. The summed E-state index contributed by atoms with van der Waals surface area (Å²) in [5.74, 6) is -0.425. The van der Waals surface area contributed by atoms with Crippen LogP contribution in [-0.4, -0.2) is 49.4 Å². The summed E-state index contributed by atoms with van der Waals surface area (Å²) in [6.45, 7) is 4.15. The van der Waals surface area contributed by atoms with Crippen LogP contribution in [0.2, 0.25) is 0 Å². The zero-order chi connectivity index (χ0) is 19.8. The first-order chi connectivity index (χ1) is 12.9. The van der Waals surface area contributed by atoms with Gasteiger partial charge >= 0.3 is 0 Å². The molecule has 0 aliphatic carbocycles. The van der Waals surface area contributed by atoms with E-state index in [1.54, 1.807) is 13.0 Å². The smallest absolute Gasteiger partial charge is 0.251 e. The average molecular weight is 367 g/mol. The van der Waals surface area contributed by atoms with E-state index in [-0.39, 0.29) is 17.9 Å². The minimum atomic E-state index is -0.599. The van der Waals surface area contributed by atoms with E-state index in [1.165, 1.54) is 5.56 Å². The van der Waals surface area contributed by atoms with Crippen LogP contribution in [0, 0.1) is 6.92 Å². The van der Waals surface area contributed by atoms with Crippen LogP contribution in [0.1, 0.15) is 28.4 Å². The van der Waals surface area contributed by atoms with Gasteiger partial charge in [-0.3, -0.25) is 9.59 Å². The van der Waals surface area contributed by atoms with Gasteiger partial charge in [0.05, 0.1) is 0 Å². The Morgan fingerprint density at radius 1 is 1.04 bits per heavy atom. The maximum Gasteiger partial charge on any atom is 0.251 e. The van der Waals surface area contributed by atoms with E-state index in [0.29, 0.717) is 12.1 Å². The van der Waals surface area contributed by atoms with Gasteiger partial charge in [-0.05, 0) is 52.1 Å². The Morgan fingerprint density at radius 3 is 2.37 bits per heavy atom. The van der Waals surface area contributed by atoms with Crippen molar-refractivity contribution < 1.29 is 9.59 Å². The molecule has 5 heteroatoms. The lowest BCUT2D eigenvalue weighted by Gasteiger charge is -2.25. The maximum absolute atomic E-state index is 12.4. The number of hydrogen-bond acceptors (Lipinski definition) is 3. The number of likely N-dealkylation sites (N-methyl/N-ethyl adjacent to an activating group) is 1. The Labute approximate surface area is 161 Å². The van der Waals surface area contributed by atoms with Crippen molar-refractivity contribution in [3.63, 3.8) is 0 Å². The summed E-state index contributed by atoms with van der Waals surface area (Å²) >= 11 is 0. The number of nitrogens with zero attached hydrogens (tertiary/aromatic N) is 1. The van der Waals surface area contributed by atoms with Gasteiger partial charge in [-0.1, -0.05) is 48.0 Å². The van der Waals surface area contributed by atoms with Crippen molar-refractivity contribution in [1.29, 1.82) is 0 Å². The highest BCUT2D eigenvalue weighted by Gasteiger charge is 2.19. The highest BCUT2D eigenvalue weighted by Crippen LogP contribution is 2.07. The number of aryl methyl sites for hydroxylation is 1. The van der Waals surface area contributed by atoms with Crippen molar-refractivity contribution in [2.75, 3.05) is 20.6 Å². The van der Waals surface area contributed by atoms with Crippen LogP contribution < -0.4 is 10.6 Å². The first-order valence-corrected chi connectivity index (χ1v) is 9.22. The highest BCUT2D eigenvalue weighted by molar-refractivity contribution is 5.97. The van der Waals surface area contributed by atoms with Crippen molar-refractivity contribution >= 4 is 11.8 Å². The van der Waals surface area contributed by atoms with E-state index >= 15 is 0 Å². The van der Waals surface area contributed by atoms with Gasteiger partial charge in [0.25, 0.3) is 5.91 Å². The number of nitrogens with one attached hydrogen (secondary N) is 2. The number of carbonyl (C=O) groups excluding carboxylic acids is 2. The highest BCUT2D eigenvalue weighted by atomic mass is 16.2. The minimum absolute atomic E-state index is 0.177. The Hall–Kier alpha value is -2.66. The molecule has 0 fully saturated rings. The standard InChI is InChI=1S/C22H29N3O2/c1-16-9-8-12-19(13-16)22(27)24-17(2)21(26)23-15-20(25(3)4)14-18-10-6-5-7-11-18/h5-13,17,20H,14-15H2,1-4H3,(H,23,26)(H,24,27). The molecule has 2 rings (SSSR count). The van der Waals surface area contributed by atoms with E-state index < -0.39 is 6.04 Å². The molecule has 0 saturated carbocycles. The van der Waals surface area contributed by atoms with Crippen LogP contribution in [0.15, 0.2) is 54.6 Å². The molecule has 0 bridgehead atoms. The molecular formula is C22H29N3O2. The summed E-state index contributed by atoms with van der Waals surface area (Å²) in [5.41, 5.74) is 2.80. The summed E-state index contributed by atoms with van der Waals surface area (Å²) in [6, 6.07) is 17.1. The monoisotopic (exact) mass is 367 g/mol. The zero-order valence-corrected chi connectivity index (χ0v) is 16.5. The lowest BCUT2D eigenvalue weighted by molar-refractivity contribution is -0.122. The van der Waals surface area contributed by atoms with Gasteiger partial charge in [-0.2, -0.15) is 0 Å². The van der Waals surface area contributed by atoms with Gasteiger partial charge in [0, 0.05) is 18.2 Å². The van der Waals surface area contributed by atoms with Crippen molar-refractivity contribution in [3.8, 4) is 0 Å². The van der Waals surface area contributed by atoms with Crippen molar-refractivity contribution in [2.24, 2.45) is 0 Å². The van der Waals surface area contributed by atoms with Gasteiger partial charge in [0.1, 0.15) is 6.04 Å². The Kier molecular flexibility index (Phi) is 7.55. The third-order valence-electron chi connectivity index (χ3n) is 4.58. The fraction of sp³-hybridized carbons (Fsp3) is 0.364. The van der Waals surface area contributed by atoms with E-state index in [2.05, 4.69) is 27.7 Å². The molecule has 5 nitrogen and oxygen atoms in total. The molecular weight excluding hydrogens is 338 g/mol. The van der Waals surface area contributed by atoms with E-state index in [4.69, 9.17) is 0 Å². The predicted octanol–water partition coefficient (Wildman–Crippen LogP) is 2.40. The van der Waals surface area contributed by atoms with Crippen molar-refractivity contribution in [1.82, 2.24) is 15.5 Å². The van der Waals surface area contributed by atoms with Crippen molar-refractivity contribution in [3.05, 3.63) is 71.3 Å². The van der Waals surface area contributed by atoms with Gasteiger partial charge in [-0.25, -0.2) is 0 Å². The third-order valence-corrected chi connectivity index (χ3v) is 4.58. The van der Waals surface area contributed by atoms with Crippen LogP contribution in [0.25, 0.3) is 0 Å². The second kappa shape index (κ2) is 9.88. The number of carbonyl (C=O) groups is 2. The number of hydrogen-bond donors (Lipinski definition) is 2. The summed E-state index contributed by atoms with van der Waals surface area (Å²) in [4.78, 5) is 26.8. The molecule has 2 aromatic rings. The fourth-order valence-electron chi connectivity index (χ4n) is 2.83. The van der Waals surface area contributed by atoms with Crippen molar-refractivity contribution in [2.45, 2.75) is 32.4 Å². The molecule has 2 aromatic carbocycles. The molecule has 2 N–H and O–H groups in total. The molecule has 0 aliphatic rings. The predicted molar refractivity (Wildman–Crippen MR) is 109 cm³/mol. The number of rotatable bonds is 8. The molecule has 2 atom stereocenters. The lowest BCUT2D eigenvalue weighted by atomic mass is 10.1. The quantitative estimate of drug-likeness (QED) is 0.753. The first-order valence-electron chi connectivity index (χ1n) is 9.22. The molecule has 0 aromatic heterocycles. The van der Waals surface area contributed by atoms with Gasteiger partial charge in [-0.15, -0.1) is 0 Å². The van der Waals surface area contributed by atoms with Crippen LogP contribution in [0.3, 0.4) is 0 Å². The zero-order valence-electron chi connectivity index (χ0n) is 16.5. The molecule has 0 radical (unpaired) electrons. The van der Waals surface area contributed by atoms with Gasteiger partial charge in [0.2, 0.25) is 5.91 Å². The molecule has 0 saturated heterocycles. The molecule has 144 valence electrons. The second-order valence-corrected chi connectivity index (χ2v) is 7.12. The largest absolute Gasteiger partial charge is 0.353 e. The minimum Gasteiger partial charge on any atom is -0.353 e. The molecule has 0 heterocycles. The molecule has 2 amide bonds. The summed E-state index contributed by atoms with van der Waals surface area (Å²) < 4.78 is 0. The first kappa shape index (κ1) is 20.6. The van der Waals surface area contributed by atoms with Gasteiger partial charge < -0.3 is 15.5 Å². The Morgan fingerprint density at radius 2 is 1.74 bits per heavy atom. The normalized spacial score (nSPS) is 13.1. The molecule has 0 spiro atoms.